The van der Waals surface area contributed by atoms with E-state index in [2.05, 4.69) is 20.1 Å². The van der Waals surface area contributed by atoms with Gasteiger partial charge in [0.1, 0.15) is 35.8 Å². The van der Waals surface area contributed by atoms with Gasteiger partial charge in [0, 0.05) is 63.7 Å². The average Bonchev–Trinajstić information content (AvgIpc) is 4.07. The van der Waals surface area contributed by atoms with Crippen LogP contribution in [0.25, 0.3) is 10.4 Å². The van der Waals surface area contributed by atoms with E-state index >= 15 is 0 Å². The van der Waals surface area contributed by atoms with Crippen LogP contribution in [0.3, 0.4) is 0 Å². The van der Waals surface area contributed by atoms with Gasteiger partial charge < -0.3 is 34.4 Å². The van der Waals surface area contributed by atoms with Crippen molar-refractivity contribution in [2.24, 2.45) is 11.3 Å². The zero-order valence-electron chi connectivity index (χ0n) is 43.8. The van der Waals surface area contributed by atoms with Gasteiger partial charge in [0.05, 0.1) is 77.0 Å². The molecule has 16 nitrogen and oxygen atoms in total. The number of thiocarbonyl (C=S) groups is 1. The third-order valence-electron chi connectivity index (χ3n) is 14.6. The van der Waals surface area contributed by atoms with Crippen LogP contribution in [0, 0.1) is 29.6 Å². The van der Waals surface area contributed by atoms with Crippen molar-refractivity contribution in [3.63, 3.8) is 0 Å². The van der Waals surface area contributed by atoms with E-state index in [0.29, 0.717) is 57.4 Å². The number of benzene rings is 3. The summed E-state index contributed by atoms with van der Waals surface area (Å²) in [6.45, 7) is 17.0. The minimum atomic E-state index is -4.81. The normalized spacial score (nSPS) is 22.4. The van der Waals surface area contributed by atoms with Crippen LogP contribution in [0.15, 0.2) is 72.2 Å². The van der Waals surface area contributed by atoms with Crippen LogP contribution in [0.5, 0.6) is 5.75 Å². The Bertz CT molecular complexity index is 2830. The maximum Gasteiger partial charge on any atom is 0.417 e. The fraction of sp³-hybridized carbons (Fsp3) is 0.509. The number of carbonyl (C=O) groups is 4. The molecule has 3 amide bonds. The number of ether oxygens (including phenoxy) is 3. The van der Waals surface area contributed by atoms with Crippen LogP contribution in [-0.4, -0.2) is 149 Å². The number of anilines is 2. The first-order chi connectivity index (χ1) is 35.9. The number of β-amino-alcohol motifs (C(OH)–C–C–N with tert-alkyl or cyclic N) is 1. The number of aliphatic hydroxyl groups is 1. The molecular formula is C55H65F3N8O8S2. The molecule has 5 heterocycles. The molecule has 0 spiro atoms. The molecule has 0 bridgehead atoms. The Hall–Kier alpha value is -5.86. The first-order valence-corrected chi connectivity index (χ1v) is 26.7. The number of ketones is 1. The summed E-state index contributed by atoms with van der Waals surface area (Å²) in [4.78, 5) is 69.6. The quantitative estimate of drug-likeness (QED) is 0.108. The molecule has 4 aromatic rings. The lowest BCUT2D eigenvalue weighted by Crippen LogP contribution is -2.53. The van der Waals surface area contributed by atoms with Crippen LogP contribution < -0.4 is 19.9 Å². The predicted octanol–water partition coefficient (Wildman–Crippen LogP) is 7.17. The number of aryl methyl sites for hydroxylation is 1. The molecular weight excluding hydrogens is 1020 g/mol. The van der Waals surface area contributed by atoms with Crippen LogP contribution >= 0.6 is 23.6 Å². The van der Waals surface area contributed by atoms with E-state index in [4.69, 9.17) is 26.4 Å². The number of halogens is 3. The van der Waals surface area contributed by atoms with E-state index in [1.807, 2.05) is 64.4 Å². The number of amides is 3. The van der Waals surface area contributed by atoms with Gasteiger partial charge in [-0.1, -0.05) is 45.0 Å². The number of nitrogens with zero attached hydrogens (tertiary/aromatic N) is 7. The largest absolute Gasteiger partial charge is 0.491 e. The second-order valence-electron chi connectivity index (χ2n) is 21.6. The Kier molecular flexibility index (Phi) is 17.1. The van der Waals surface area contributed by atoms with E-state index in [-0.39, 0.29) is 79.2 Å². The highest BCUT2D eigenvalue weighted by Crippen LogP contribution is 2.41. The molecule has 76 heavy (non-hydrogen) atoms. The molecule has 0 saturated carbocycles. The van der Waals surface area contributed by atoms with Crippen molar-refractivity contribution in [2.75, 3.05) is 75.4 Å². The van der Waals surface area contributed by atoms with Crippen molar-refractivity contribution in [2.45, 2.75) is 103 Å². The van der Waals surface area contributed by atoms with E-state index in [1.54, 1.807) is 60.4 Å². The Morgan fingerprint density at radius 1 is 0.974 bits per heavy atom. The number of nitriles is 1. The number of hydrogen-bond donors (Lipinski definition) is 2. The summed E-state index contributed by atoms with van der Waals surface area (Å²) in [6, 6.07) is 18.2. The van der Waals surface area contributed by atoms with E-state index < -0.39 is 52.2 Å². The minimum absolute atomic E-state index is 0.00526. The third kappa shape index (κ3) is 12.6. The molecule has 4 saturated heterocycles. The first-order valence-electron chi connectivity index (χ1n) is 25.4. The molecule has 406 valence electrons. The summed E-state index contributed by atoms with van der Waals surface area (Å²) >= 11 is 7.25. The molecule has 0 aliphatic carbocycles. The maximum atomic E-state index is 14.4. The highest BCUT2D eigenvalue weighted by molar-refractivity contribution is 7.81. The first kappa shape index (κ1) is 56.3. The van der Waals surface area contributed by atoms with E-state index in [1.165, 1.54) is 11.0 Å². The fourth-order valence-corrected chi connectivity index (χ4v) is 11.7. The van der Waals surface area contributed by atoms with Crippen molar-refractivity contribution in [1.29, 1.82) is 5.26 Å². The van der Waals surface area contributed by atoms with Crippen molar-refractivity contribution in [3.05, 3.63) is 94.6 Å². The standard InChI is InChI=1S/C55H65F3N8O8S2/c1-33(35-8-10-36(11-9-35)48-34(2)60-32-76-48)61-49(69)47-24-41(68)27-64(47)50(70)46(53(3,4)5)23-40(67)26-62-18-20-72-43(28-62)29-63-19-21-73-44(30-63)31-74-42-16-14-38(15-17-42)66-52(75)65(51(71)54(66,6)7)39-13-12-37(25-59)45(22-39)55(56,57)58/h8-17,22,32-33,41,43-44,46-47,68H,18-21,23-24,26-31H2,1-7H3,(H,61,69)/t33-,41+,43+,44+,46+,47?/m0/s1. The minimum Gasteiger partial charge on any atom is -0.491 e. The maximum absolute atomic E-state index is 14.4. The van der Waals surface area contributed by atoms with Crippen LogP contribution in [0.4, 0.5) is 24.5 Å². The fourth-order valence-electron chi connectivity index (χ4n) is 10.4. The zero-order chi connectivity index (χ0) is 54.9. The number of carbonyl (C=O) groups excluding carboxylic acids is 4. The Morgan fingerprint density at radius 3 is 2.28 bits per heavy atom. The molecule has 1 aromatic heterocycles. The summed E-state index contributed by atoms with van der Waals surface area (Å²) in [5.41, 5.74) is 1.55. The number of hydrogen-bond acceptors (Lipinski definition) is 14. The average molecular weight is 1090 g/mol. The highest BCUT2D eigenvalue weighted by atomic mass is 32.1. The van der Waals surface area contributed by atoms with Crippen molar-refractivity contribution >= 4 is 63.5 Å². The molecule has 0 radical (unpaired) electrons. The molecule has 6 atom stereocenters. The molecule has 4 aliphatic heterocycles. The van der Waals surface area contributed by atoms with E-state index in [9.17, 15) is 42.7 Å². The van der Waals surface area contributed by atoms with Gasteiger partial charge in [-0.05, 0) is 98.9 Å². The second-order valence-corrected chi connectivity index (χ2v) is 22.8. The number of thiazole rings is 1. The molecule has 1 unspecified atom stereocenters. The number of Topliss-reactive ketones (excluding diaryl/α,β-unsaturated/α-hetero) is 1. The number of likely N-dealkylation sites (tertiary alicyclic amines) is 1. The molecule has 8 rings (SSSR count). The monoisotopic (exact) mass is 1090 g/mol. The summed E-state index contributed by atoms with van der Waals surface area (Å²) in [5.74, 6) is -1.50. The molecule has 4 aliphatic rings. The summed E-state index contributed by atoms with van der Waals surface area (Å²) in [7, 11) is 0. The van der Waals surface area contributed by atoms with Gasteiger partial charge in [-0.2, -0.15) is 18.4 Å². The van der Waals surface area contributed by atoms with E-state index in [0.717, 1.165) is 38.7 Å². The zero-order valence-corrected chi connectivity index (χ0v) is 45.4. The van der Waals surface area contributed by atoms with Gasteiger partial charge in [-0.3, -0.25) is 33.9 Å². The lowest BCUT2D eigenvalue weighted by molar-refractivity contribution is -0.146. The summed E-state index contributed by atoms with van der Waals surface area (Å²) in [6.07, 6.45) is -6.06. The Balaban J connectivity index is 0.810. The van der Waals surface area contributed by atoms with Crippen LogP contribution in [0.1, 0.15) is 82.8 Å². The van der Waals surface area contributed by atoms with Gasteiger partial charge in [-0.15, -0.1) is 11.3 Å². The molecule has 21 heteroatoms. The number of rotatable bonds is 16. The number of morpholine rings is 2. The topological polar surface area (TPSA) is 181 Å². The molecule has 3 aromatic carbocycles. The molecule has 4 fully saturated rings. The van der Waals surface area contributed by atoms with Gasteiger partial charge in [0.25, 0.3) is 5.91 Å². The van der Waals surface area contributed by atoms with Crippen molar-refractivity contribution < 1.29 is 51.7 Å². The Labute approximate surface area is 450 Å². The number of alkyl halides is 3. The highest BCUT2D eigenvalue weighted by Gasteiger charge is 2.51. The smallest absolute Gasteiger partial charge is 0.417 e. The molecule has 2 N–H and O–H groups in total. The van der Waals surface area contributed by atoms with Gasteiger partial charge in [-0.25, -0.2) is 4.98 Å². The SMILES string of the molecule is Cc1ncsc1-c1ccc([C@H](C)NC(=O)C2C[C@@H](O)CN2C(=O)[C@@H](CC(=O)CN2CCO[C@@H](CN3CCO[C@@H](COc4ccc(N5C(=S)N(c6ccc(C#N)c(C(F)(F)F)c6)C(=O)C5(C)C)cc4)C3)C2)C(C)(C)C)cc1. The van der Waals surface area contributed by atoms with Gasteiger partial charge >= 0.3 is 6.18 Å². The predicted molar refractivity (Wildman–Crippen MR) is 285 cm³/mol. The van der Waals surface area contributed by atoms with Gasteiger partial charge in [0.2, 0.25) is 11.8 Å². The summed E-state index contributed by atoms with van der Waals surface area (Å²) < 4.78 is 59.8. The Morgan fingerprint density at radius 2 is 1.63 bits per heavy atom. The third-order valence-corrected chi connectivity index (χ3v) is 16.0. The number of aromatic nitrogens is 1. The van der Waals surface area contributed by atoms with Crippen LogP contribution in [-0.2, 0) is 34.8 Å². The number of nitrogens with one attached hydrogen (secondary N) is 1. The number of aliphatic hydroxyl groups excluding tert-OH is 1. The van der Waals surface area contributed by atoms with Crippen LogP contribution in [0.2, 0.25) is 0 Å². The lowest BCUT2D eigenvalue weighted by atomic mass is 9.76. The van der Waals surface area contributed by atoms with Gasteiger partial charge in [0.15, 0.2) is 5.11 Å². The van der Waals surface area contributed by atoms with Crippen molar-refractivity contribution in [1.82, 2.24) is 25.0 Å². The lowest BCUT2D eigenvalue weighted by Gasteiger charge is -2.39. The second kappa shape index (κ2) is 23.0. The van der Waals surface area contributed by atoms with Crippen molar-refractivity contribution in [3.8, 4) is 22.3 Å². The summed E-state index contributed by atoms with van der Waals surface area (Å²) in [5, 5.41) is 23.1.